The third-order valence-corrected chi connectivity index (χ3v) is 4.71. The van der Waals surface area contributed by atoms with Gasteiger partial charge < -0.3 is 4.42 Å². The van der Waals surface area contributed by atoms with E-state index in [2.05, 4.69) is 57.3 Å². The van der Waals surface area contributed by atoms with Crippen molar-refractivity contribution in [1.29, 1.82) is 0 Å². The molecule has 0 atom stereocenters. The van der Waals surface area contributed by atoms with Crippen LogP contribution in [-0.4, -0.2) is 32.3 Å². The number of aryl methyl sites for hydroxylation is 2. The van der Waals surface area contributed by atoms with Gasteiger partial charge in [0.05, 0.1) is 18.4 Å². The van der Waals surface area contributed by atoms with Gasteiger partial charge in [0, 0.05) is 23.2 Å². The second-order valence-corrected chi connectivity index (χ2v) is 7.13. The Hall–Kier alpha value is -3.25. The van der Waals surface area contributed by atoms with Crippen molar-refractivity contribution in [3.05, 3.63) is 77.3 Å². The van der Waals surface area contributed by atoms with E-state index in [1.165, 1.54) is 16.7 Å². The van der Waals surface area contributed by atoms with Crippen molar-refractivity contribution < 1.29 is 4.42 Å². The molecule has 0 saturated carbocycles. The van der Waals surface area contributed by atoms with Crippen LogP contribution < -0.4 is 0 Å². The van der Waals surface area contributed by atoms with E-state index in [9.17, 15) is 0 Å². The van der Waals surface area contributed by atoms with Crippen molar-refractivity contribution in [2.45, 2.75) is 26.9 Å². The summed E-state index contributed by atoms with van der Waals surface area (Å²) in [6, 6.07) is 16.3. The zero-order chi connectivity index (χ0) is 19.5. The number of benzene rings is 2. The summed E-state index contributed by atoms with van der Waals surface area (Å²) in [4.78, 5) is 2.14. The molecule has 2 aromatic carbocycles. The van der Waals surface area contributed by atoms with Crippen LogP contribution in [0.1, 0.15) is 22.6 Å². The number of hydrogen-bond acceptors (Lipinski definition) is 5. The number of hydrogen-bond donors (Lipinski definition) is 1. The Labute approximate surface area is 164 Å². The van der Waals surface area contributed by atoms with Crippen molar-refractivity contribution in [3.63, 3.8) is 0 Å². The molecule has 0 spiro atoms. The third kappa shape index (κ3) is 3.87. The Balaban J connectivity index is 1.48. The fourth-order valence-corrected chi connectivity index (χ4v) is 3.26. The summed E-state index contributed by atoms with van der Waals surface area (Å²) in [5.41, 5.74) is 6.76. The Morgan fingerprint density at radius 3 is 2.64 bits per heavy atom. The Morgan fingerprint density at radius 1 is 1.00 bits per heavy atom. The van der Waals surface area contributed by atoms with Crippen molar-refractivity contribution in [1.82, 2.24) is 25.3 Å². The summed E-state index contributed by atoms with van der Waals surface area (Å²) in [5.74, 6) is 1.14. The van der Waals surface area contributed by atoms with E-state index in [1.807, 2.05) is 43.6 Å². The highest BCUT2D eigenvalue weighted by molar-refractivity contribution is 5.67. The quantitative estimate of drug-likeness (QED) is 0.543. The first-order valence-electron chi connectivity index (χ1n) is 9.26. The smallest absolute Gasteiger partial charge is 0.247 e. The van der Waals surface area contributed by atoms with Crippen LogP contribution >= 0.6 is 0 Å². The summed E-state index contributed by atoms with van der Waals surface area (Å²) in [6.45, 7) is 5.51. The third-order valence-electron chi connectivity index (χ3n) is 4.71. The number of nitrogens with one attached hydrogen (secondary N) is 1. The topological polar surface area (TPSA) is 70.8 Å². The number of H-pyrrole nitrogens is 1. The van der Waals surface area contributed by atoms with Gasteiger partial charge in [-0.25, -0.2) is 0 Å². The van der Waals surface area contributed by atoms with Crippen molar-refractivity contribution in [2.75, 3.05) is 7.05 Å². The van der Waals surface area contributed by atoms with Crippen LogP contribution in [0, 0.1) is 13.8 Å². The van der Waals surface area contributed by atoms with Crippen molar-refractivity contribution in [3.8, 4) is 22.7 Å². The van der Waals surface area contributed by atoms with Gasteiger partial charge in [0.15, 0.2) is 0 Å². The normalized spacial score (nSPS) is 11.3. The molecule has 0 unspecified atom stereocenters. The molecule has 0 amide bonds. The lowest BCUT2D eigenvalue weighted by Gasteiger charge is -2.15. The average molecular weight is 373 g/mol. The van der Waals surface area contributed by atoms with E-state index in [-0.39, 0.29) is 0 Å². The molecule has 6 nitrogen and oxygen atoms in total. The summed E-state index contributed by atoms with van der Waals surface area (Å²) in [6.07, 6.45) is 1.89. The zero-order valence-electron chi connectivity index (χ0n) is 16.3. The number of aromatic nitrogens is 4. The molecule has 0 aliphatic carbocycles. The highest BCUT2D eigenvalue weighted by atomic mass is 16.4. The van der Waals surface area contributed by atoms with Crippen LogP contribution in [-0.2, 0) is 13.1 Å². The van der Waals surface area contributed by atoms with Crippen LogP contribution in [0.25, 0.3) is 22.7 Å². The van der Waals surface area contributed by atoms with Gasteiger partial charge in [0.2, 0.25) is 11.8 Å². The van der Waals surface area contributed by atoms with Crippen LogP contribution in [0.4, 0.5) is 0 Å². The zero-order valence-corrected chi connectivity index (χ0v) is 16.3. The molecule has 0 radical (unpaired) electrons. The fraction of sp³-hybridized carbons (Fsp3) is 0.227. The van der Waals surface area contributed by atoms with Gasteiger partial charge in [-0.1, -0.05) is 35.9 Å². The molecular formula is C22H23N5O. The highest BCUT2D eigenvalue weighted by Crippen LogP contribution is 2.27. The second kappa shape index (κ2) is 7.78. The Kier molecular flexibility index (Phi) is 5.04. The SMILES string of the molecule is Cc1ccc(C)c(-c2[nH]ncc2CN(C)Cc2nnc(-c3ccccc3)o2)c1. The predicted octanol–water partition coefficient (Wildman–Crippen LogP) is 4.38. The average Bonchev–Trinajstić information content (AvgIpc) is 3.34. The monoisotopic (exact) mass is 373 g/mol. The predicted molar refractivity (Wildman–Crippen MR) is 108 cm³/mol. The largest absolute Gasteiger partial charge is 0.419 e. The Bertz CT molecular complexity index is 1070. The highest BCUT2D eigenvalue weighted by Gasteiger charge is 2.15. The molecule has 0 saturated heterocycles. The Morgan fingerprint density at radius 2 is 1.82 bits per heavy atom. The molecular weight excluding hydrogens is 350 g/mol. The van der Waals surface area contributed by atoms with Gasteiger partial charge in [0.25, 0.3) is 0 Å². The minimum atomic E-state index is 0.545. The first-order chi connectivity index (χ1) is 13.6. The van der Waals surface area contributed by atoms with E-state index in [4.69, 9.17) is 4.42 Å². The number of aromatic amines is 1. The molecule has 0 aliphatic rings. The lowest BCUT2D eigenvalue weighted by atomic mass is 10.0. The van der Waals surface area contributed by atoms with Crippen molar-refractivity contribution in [2.24, 2.45) is 0 Å². The lowest BCUT2D eigenvalue weighted by Crippen LogP contribution is -2.17. The minimum Gasteiger partial charge on any atom is -0.419 e. The van der Waals surface area contributed by atoms with Gasteiger partial charge >= 0.3 is 0 Å². The first-order valence-corrected chi connectivity index (χ1v) is 9.26. The van der Waals surface area contributed by atoms with Gasteiger partial charge in [-0.05, 0) is 44.7 Å². The standard InChI is InChI=1S/C22H23N5O/c1-15-9-10-16(2)19(11-15)21-18(12-23-25-21)13-27(3)14-20-24-26-22(28-20)17-7-5-4-6-8-17/h4-12H,13-14H2,1-3H3,(H,23,25). The van der Waals surface area contributed by atoms with E-state index in [0.717, 1.165) is 23.4 Å². The van der Waals surface area contributed by atoms with Gasteiger partial charge in [0.1, 0.15) is 0 Å². The summed E-state index contributed by atoms with van der Waals surface area (Å²) in [7, 11) is 2.03. The molecule has 2 aromatic heterocycles. The fourth-order valence-electron chi connectivity index (χ4n) is 3.26. The van der Waals surface area contributed by atoms with E-state index < -0.39 is 0 Å². The summed E-state index contributed by atoms with van der Waals surface area (Å²) in [5, 5.41) is 15.8. The van der Waals surface area contributed by atoms with E-state index >= 15 is 0 Å². The van der Waals surface area contributed by atoms with E-state index in [0.29, 0.717) is 18.3 Å². The summed E-state index contributed by atoms with van der Waals surface area (Å²) < 4.78 is 5.82. The maximum absolute atomic E-state index is 5.82. The van der Waals surface area contributed by atoms with Gasteiger partial charge in [-0.3, -0.25) is 10.00 Å². The van der Waals surface area contributed by atoms with Crippen LogP contribution in [0.15, 0.2) is 59.1 Å². The summed E-state index contributed by atoms with van der Waals surface area (Å²) >= 11 is 0. The molecule has 1 N–H and O–H groups in total. The number of rotatable bonds is 6. The number of nitrogens with zero attached hydrogens (tertiary/aromatic N) is 4. The van der Waals surface area contributed by atoms with Crippen molar-refractivity contribution >= 4 is 0 Å². The molecule has 0 fully saturated rings. The molecule has 4 aromatic rings. The second-order valence-electron chi connectivity index (χ2n) is 7.13. The van der Waals surface area contributed by atoms with Gasteiger partial charge in [-0.2, -0.15) is 5.10 Å². The molecule has 0 aliphatic heterocycles. The maximum Gasteiger partial charge on any atom is 0.247 e. The molecule has 142 valence electrons. The molecule has 0 bridgehead atoms. The van der Waals surface area contributed by atoms with Crippen LogP contribution in [0.3, 0.4) is 0 Å². The van der Waals surface area contributed by atoms with Crippen LogP contribution in [0.2, 0.25) is 0 Å². The van der Waals surface area contributed by atoms with Crippen LogP contribution in [0.5, 0.6) is 0 Å². The molecule has 4 rings (SSSR count). The van der Waals surface area contributed by atoms with E-state index in [1.54, 1.807) is 0 Å². The molecule has 2 heterocycles. The molecule has 28 heavy (non-hydrogen) atoms. The first kappa shape index (κ1) is 18.1. The maximum atomic E-state index is 5.82. The lowest BCUT2D eigenvalue weighted by molar-refractivity contribution is 0.283. The molecule has 6 heteroatoms. The minimum absolute atomic E-state index is 0.545. The van der Waals surface area contributed by atoms with Gasteiger partial charge in [-0.15, -0.1) is 10.2 Å².